The summed E-state index contributed by atoms with van der Waals surface area (Å²) >= 11 is 0. The van der Waals surface area contributed by atoms with Gasteiger partial charge in [0.1, 0.15) is 23.6 Å². The van der Waals surface area contributed by atoms with Crippen molar-refractivity contribution in [1.82, 2.24) is 4.98 Å². The number of aryl methyl sites for hydroxylation is 2. The molecule has 3 aliphatic rings. The molecule has 0 bridgehead atoms. The minimum atomic E-state index is -0.539. The van der Waals surface area contributed by atoms with Crippen LogP contribution in [-0.4, -0.2) is 28.7 Å². The van der Waals surface area contributed by atoms with Gasteiger partial charge in [-0.05, 0) is 74.6 Å². The normalized spacial score (nSPS) is 29.4. The van der Waals surface area contributed by atoms with E-state index in [2.05, 4.69) is 15.3 Å². The summed E-state index contributed by atoms with van der Waals surface area (Å²) in [4.78, 5) is 9.00. The van der Waals surface area contributed by atoms with Crippen LogP contribution < -0.4 is 5.32 Å². The summed E-state index contributed by atoms with van der Waals surface area (Å²) in [5, 5.41) is 13.3. The van der Waals surface area contributed by atoms with Crippen LogP contribution in [0.5, 0.6) is 0 Å². The Morgan fingerprint density at radius 3 is 2.84 bits per heavy atom. The highest BCUT2D eigenvalue weighted by Gasteiger charge is 2.45. The summed E-state index contributed by atoms with van der Waals surface area (Å²) in [6.07, 6.45) is 6.51. The van der Waals surface area contributed by atoms with Crippen molar-refractivity contribution in [3.63, 3.8) is 0 Å². The molecule has 5 rings (SSSR count). The number of anilines is 1. The molecular formula is C24H27F2N3O2. The van der Waals surface area contributed by atoms with Crippen molar-refractivity contribution in [2.45, 2.75) is 63.7 Å². The van der Waals surface area contributed by atoms with Gasteiger partial charge in [-0.15, -0.1) is 0 Å². The van der Waals surface area contributed by atoms with Crippen LogP contribution in [0.15, 0.2) is 29.3 Å². The minimum absolute atomic E-state index is 0.103. The maximum atomic E-state index is 14.3. The predicted octanol–water partition coefficient (Wildman–Crippen LogP) is 4.99. The smallest absolute Gasteiger partial charge is 0.176 e. The molecule has 3 unspecified atom stereocenters. The fourth-order valence-corrected chi connectivity index (χ4v) is 5.57. The number of hydrogen-bond donors (Lipinski definition) is 2. The standard InChI is InChI=1S/C24H27F2N3O2/c1-13-2-9-22(28-19-6-3-14-10-15(25)11-18(26)23(14)19)29-24(13)27-12-31-21-8-5-16-17(21)4-7-20(16)30/h2,9-12,16-17,19-21,30H,3-8H2,1H3,(H,28,29)/b27-12+/t16-,17-,19?,20?,21?/m0/s1. The van der Waals surface area contributed by atoms with E-state index in [1.165, 1.54) is 12.5 Å². The molecule has 31 heavy (non-hydrogen) atoms. The molecule has 0 aliphatic heterocycles. The molecule has 0 spiro atoms. The fraction of sp³-hybridized carbons (Fsp3) is 0.500. The molecule has 2 saturated carbocycles. The summed E-state index contributed by atoms with van der Waals surface area (Å²) in [6, 6.07) is 5.86. The summed E-state index contributed by atoms with van der Waals surface area (Å²) in [5.74, 6) is 0.848. The third kappa shape index (κ3) is 3.91. The Kier molecular flexibility index (Phi) is 5.38. The van der Waals surface area contributed by atoms with E-state index < -0.39 is 11.6 Å². The lowest BCUT2D eigenvalue weighted by Crippen LogP contribution is -2.21. The van der Waals surface area contributed by atoms with Gasteiger partial charge in [-0.25, -0.2) is 18.8 Å². The van der Waals surface area contributed by atoms with Crippen molar-refractivity contribution in [2.24, 2.45) is 16.8 Å². The molecule has 0 amide bonds. The molecule has 0 saturated heterocycles. The average molecular weight is 427 g/mol. The third-order valence-corrected chi connectivity index (χ3v) is 7.14. The Bertz CT molecular complexity index is 1010. The number of ether oxygens (including phenoxy) is 1. The molecule has 7 heteroatoms. The average Bonchev–Trinajstić information content (AvgIpc) is 3.42. The van der Waals surface area contributed by atoms with Gasteiger partial charge in [-0.3, -0.25) is 0 Å². The Hall–Kier alpha value is -2.54. The van der Waals surface area contributed by atoms with Crippen LogP contribution in [0.2, 0.25) is 0 Å². The monoisotopic (exact) mass is 427 g/mol. The number of nitrogens with zero attached hydrogens (tertiary/aromatic N) is 2. The maximum Gasteiger partial charge on any atom is 0.176 e. The van der Waals surface area contributed by atoms with Crippen molar-refractivity contribution in [1.29, 1.82) is 0 Å². The van der Waals surface area contributed by atoms with E-state index in [0.29, 0.717) is 47.4 Å². The SMILES string of the molecule is Cc1ccc(NC2CCc3cc(F)cc(F)c32)nc1/N=C/OC1CC[C@@H]2C(O)CC[C@H]12. The number of aliphatic hydroxyl groups is 1. The number of aromatic nitrogens is 1. The number of aliphatic imine (C=N–C) groups is 1. The number of benzene rings is 1. The van der Waals surface area contributed by atoms with E-state index in [9.17, 15) is 13.9 Å². The molecule has 5 atom stereocenters. The second-order valence-electron chi connectivity index (χ2n) is 8.99. The number of nitrogens with one attached hydrogen (secondary N) is 1. The van der Waals surface area contributed by atoms with Gasteiger partial charge in [-0.1, -0.05) is 6.07 Å². The predicted molar refractivity (Wildman–Crippen MR) is 114 cm³/mol. The van der Waals surface area contributed by atoms with Gasteiger partial charge in [0.05, 0.1) is 12.1 Å². The zero-order chi connectivity index (χ0) is 21.5. The van der Waals surface area contributed by atoms with Crippen LogP contribution >= 0.6 is 0 Å². The number of rotatable bonds is 5. The molecule has 2 N–H and O–H groups in total. The lowest BCUT2D eigenvalue weighted by Gasteiger charge is -2.18. The minimum Gasteiger partial charge on any atom is -0.480 e. The van der Waals surface area contributed by atoms with Crippen LogP contribution in [0.3, 0.4) is 0 Å². The van der Waals surface area contributed by atoms with Crippen molar-refractivity contribution >= 4 is 18.0 Å². The molecule has 2 fully saturated rings. The highest BCUT2D eigenvalue weighted by atomic mass is 19.1. The van der Waals surface area contributed by atoms with E-state index in [0.717, 1.165) is 37.3 Å². The second kappa shape index (κ2) is 8.19. The van der Waals surface area contributed by atoms with Crippen LogP contribution in [0.4, 0.5) is 20.4 Å². The maximum absolute atomic E-state index is 14.3. The van der Waals surface area contributed by atoms with E-state index in [4.69, 9.17) is 4.74 Å². The Balaban J connectivity index is 1.27. The van der Waals surface area contributed by atoms with E-state index in [1.807, 2.05) is 19.1 Å². The Morgan fingerprint density at radius 2 is 1.97 bits per heavy atom. The molecule has 1 aromatic carbocycles. The first kappa shape index (κ1) is 20.4. The molecule has 164 valence electrons. The molecule has 5 nitrogen and oxygen atoms in total. The highest BCUT2D eigenvalue weighted by molar-refractivity contribution is 5.58. The second-order valence-corrected chi connectivity index (χ2v) is 8.99. The molecule has 3 aliphatic carbocycles. The summed E-state index contributed by atoms with van der Waals surface area (Å²) in [5.41, 5.74) is 2.14. The third-order valence-electron chi connectivity index (χ3n) is 7.14. The zero-order valence-electron chi connectivity index (χ0n) is 17.5. The van der Waals surface area contributed by atoms with Gasteiger partial charge in [-0.2, -0.15) is 0 Å². The summed E-state index contributed by atoms with van der Waals surface area (Å²) in [6.45, 7) is 1.93. The van der Waals surface area contributed by atoms with Gasteiger partial charge < -0.3 is 15.2 Å². The molecule has 0 radical (unpaired) electrons. The van der Waals surface area contributed by atoms with Gasteiger partial charge in [0.25, 0.3) is 0 Å². The van der Waals surface area contributed by atoms with Gasteiger partial charge >= 0.3 is 0 Å². The molecule has 1 heterocycles. The van der Waals surface area contributed by atoms with Crippen LogP contribution in [0, 0.1) is 30.4 Å². The first-order valence-electron chi connectivity index (χ1n) is 11.1. The summed E-state index contributed by atoms with van der Waals surface area (Å²) in [7, 11) is 0. The van der Waals surface area contributed by atoms with Crippen molar-refractivity contribution in [3.8, 4) is 0 Å². The summed E-state index contributed by atoms with van der Waals surface area (Å²) < 4.78 is 33.7. The van der Waals surface area contributed by atoms with Crippen molar-refractivity contribution in [3.05, 3.63) is 52.6 Å². The van der Waals surface area contributed by atoms with Crippen molar-refractivity contribution < 1.29 is 18.6 Å². The highest BCUT2D eigenvalue weighted by Crippen LogP contribution is 2.45. The van der Waals surface area contributed by atoms with E-state index in [1.54, 1.807) is 0 Å². The lowest BCUT2D eigenvalue weighted by molar-refractivity contribution is 0.108. The topological polar surface area (TPSA) is 66.7 Å². The number of halogens is 2. The van der Waals surface area contributed by atoms with E-state index in [-0.39, 0.29) is 18.2 Å². The Labute approximate surface area is 180 Å². The zero-order valence-corrected chi connectivity index (χ0v) is 17.5. The van der Waals surface area contributed by atoms with Gasteiger partial charge in [0, 0.05) is 17.5 Å². The fourth-order valence-electron chi connectivity index (χ4n) is 5.57. The first-order chi connectivity index (χ1) is 15.0. The van der Waals surface area contributed by atoms with Gasteiger partial charge in [0.2, 0.25) is 0 Å². The largest absolute Gasteiger partial charge is 0.480 e. The number of hydrogen-bond acceptors (Lipinski definition) is 5. The number of fused-ring (bicyclic) bond motifs is 2. The van der Waals surface area contributed by atoms with Crippen molar-refractivity contribution in [2.75, 3.05) is 5.32 Å². The molecule has 1 aromatic heterocycles. The van der Waals surface area contributed by atoms with Crippen LogP contribution in [0.25, 0.3) is 0 Å². The first-order valence-corrected chi connectivity index (χ1v) is 11.1. The lowest BCUT2D eigenvalue weighted by atomic mass is 9.98. The Morgan fingerprint density at radius 1 is 1.13 bits per heavy atom. The van der Waals surface area contributed by atoms with Crippen LogP contribution in [0.1, 0.15) is 54.8 Å². The molecular weight excluding hydrogens is 400 g/mol. The quantitative estimate of drug-likeness (QED) is 0.521. The van der Waals surface area contributed by atoms with Crippen LogP contribution in [-0.2, 0) is 11.2 Å². The molecule has 2 aromatic rings. The van der Waals surface area contributed by atoms with E-state index >= 15 is 0 Å². The number of aliphatic hydroxyl groups excluding tert-OH is 1. The van der Waals surface area contributed by atoms with Gasteiger partial charge in [0.15, 0.2) is 12.2 Å². The number of pyridine rings is 1.